The third-order valence-corrected chi connectivity index (χ3v) is 4.73. The van der Waals surface area contributed by atoms with Gasteiger partial charge in [-0.15, -0.1) is 0 Å². The SMILES string of the molecule is CCN(CC)c1ccc(N/C=C(/C#N)C(=O)Nc2cc(OC)ccc2OC)c(C)c1. The molecular formula is C23H28N4O3. The molecule has 0 aliphatic rings. The minimum Gasteiger partial charge on any atom is -0.497 e. The lowest BCUT2D eigenvalue weighted by atomic mass is 10.1. The Morgan fingerprint density at radius 3 is 2.40 bits per heavy atom. The third-order valence-electron chi connectivity index (χ3n) is 4.73. The normalized spacial score (nSPS) is 10.7. The average molecular weight is 409 g/mol. The van der Waals surface area contributed by atoms with E-state index < -0.39 is 5.91 Å². The summed E-state index contributed by atoms with van der Waals surface area (Å²) in [6.45, 7) is 8.06. The van der Waals surface area contributed by atoms with E-state index in [2.05, 4.69) is 35.4 Å². The topological polar surface area (TPSA) is 86.6 Å². The highest BCUT2D eigenvalue weighted by Crippen LogP contribution is 2.29. The number of nitrogens with zero attached hydrogens (tertiary/aromatic N) is 2. The zero-order valence-corrected chi connectivity index (χ0v) is 18.1. The van der Waals surface area contributed by atoms with Gasteiger partial charge in [-0.25, -0.2) is 0 Å². The summed E-state index contributed by atoms with van der Waals surface area (Å²) in [5, 5.41) is 15.2. The zero-order chi connectivity index (χ0) is 22.1. The molecule has 2 rings (SSSR count). The maximum absolute atomic E-state index is 12.6. The predicted octanol–water partition coefficient (Wildman–Crippen LogP) is 4.32. The van der Waals surface area contributed by atoms with E-state index >= 15 is 0 Å². The van der Waals surface area contributed by atoms with Gasteiger partial charge in [-0.3, -0.25) is 4.79 Å². The molecule has 2 aromatic carbocycles. The molecule has 0 atom stereocenters. The Kier molecular flexibility index (Phi) is 8.12. The van der Waals surface area contributed by atoms with Gasteiger partial charge < -0.3 is 25.0 Å². The summed E-state index contributed by atoms with van der Waals surface area (Å²) in [6, 6.07) is 13.0. The van der Waals surface area contributed by atoms with E-state index in [0.29, 0.717) is 17.2 Å². The molecule has 158 valence electrons. The lowest BCUT2D eigenvalue weighted by Crippen LogP contribution is -2.21. The molecule has 0 spiro atoms. The molecular weight excluding hydrogens is 380 g/mol. The molecule has 0 aromatic heterocycles. The van der Waals surface area contributed by atoms with Crippen molar-refractivity contribution in [3.8, 4) is 17.6 Å². The summed E-state index contributed by atoms with van der Waals surface area (Å²) < 4.78 is 10.4. The van der Waals surface area contributed by atoms with Crippen LogP contribution >= 0.6 is 0 Å². The summed E-state index contributed by atoms with van der Waals surface area (Å²) >= 11 is 0. The van der Waals surface area contributed by atoms with Crippen molar-refractivity contribution in [1.29, 1.82) is 5.26 Å². The van der Waals surface area contributed by atoms with Crippen LogP contribution < -0.4 is 25.0 Å². The highest BCUT2D eigenvalue weighted by Gasteiger charge is 2.14. The number of benzene rings is 2. The van der Waals surface area contributed by atoms with Gasteiger partial charge >= 0.3 is 0 Å². The van der Waals surface area contributed by atoms with Gasteiger partial charge in [0.25, 0.3) is 5.91 Å². The van der Waals surface area contributed by atoms with Crippen molar-refractivity contribution in [3.05, 3.63) is 53.7 Å². The molecule has 7 heteroatoms. The van der Waals surface area contributed by atoms with Gasteiger partial charge in [0.15, 0.2) is 0 Å². The van der Waals surface area contributed by atoms with E-state index in [0.717, 1.165) is 30.0 Å². The number of carbonyl (C=O) groups excluding carboxylic acids is 1. The maximum Gasteiger partial charge on any atom is 0.267 e. The molecule has 30 heavy (non-hydrogen) atoms. The molecule has 1 amide bonds. The van der Waals surface area contributed by atoms with Crippen molar-refractivity contribution in [1.82, 2.24) is 0 Å². The van der Waals surface area contributed by atoms with Crippen molar-refractivity contribution in [2.45, 2.75) is 20.8 Å². The number of nitriles is 1. The number of nitrogens with one attached hydrogen (secondary N) is 2. The van der Waals surface area contributed by atoms with Gasteiger partial charge in [0.05, 0.1) is 19.9 Å². The number of rotatable bonds is 9. The van der Waals surface area contributed by atoms with Crippen LogP contribution in [0.5, 0.6) is 11.5 Å². The second-order valence-electron chi connectivity index (χ2n) is 6.51. The fraction of sp³-hybridized carbons (Fsp3) is 0.304. The number of anilines is 3. The smallest absolute Gasteiger partial charge is 0.267 e. The number of aryl methyl sites for hydroxylation is 1. The Morgan fingerprint density at radius 2 is 1.83 bits per heavy atom. The van der Waals surface area contributed by atoms with E-state index in [-0.39, 0.29) is 5.57 Å². The van der Waals surface area contributed by atoms with Crippen LogP contribution in [0.15, 0.2) is 48.2 Å². The molecule has 0 fully saturated rings. The summed E-state index contributed by atoms with van der Waals surface area (Å²) in [6.07, 6.45) is 1.40. The second-order valence-corrected chi connectivity index (χ2v) is 6.51. The first-order valence-corrected chi connectivity index (χ1v) is 9.73. The number of carbonyl (C=O) groups is 1. The van der Waals surface area contributed by atoms with E-state index in [1.54, 1.807) is 18.2 Å². The van der Waals surface area contributed by atoms with Gasteiger partial charge in [-0.05, 0) is 56.7 Å². The lowest BCUT2D eigenvalue weighted by molar-refractivity contribution is -0.112. The van der Waals surface area contributed by atoms with Gasteiger partial charge in [-0.2, -0.15) is 5.26 Å². The molecule has 0 unspecified atom stereocenters. The summed E-state index contributed by atoms with van der Waals surface area (Å²) in [5.74, 6) is 0.488. The van der Waals surface area contributed by atoms with Crippen LogP contribution in [-0.2, 0) is 4.79 Å². The van der Waals surface area contributed by atoms with Crippen molar-refractivity contribution >= 4 is 23.0 Å². The maximum atomic E-state index is 12.6. The fourth-order valence-electron chi connectivity index (χ4n) is 3.00. The number of amides is 1. The zero-order valence-electron chi connectivity index (χ0n) is 18.1. The van der Waals surface area contributed by atoms with Gasteiger partial charge in [0.1, 0.15) is 23.1 Å². The van der Waals surface area contributed by atoms with Crippen LogP contribution in [0, 0.1) is 18.3 Å². The minimum atomic E-state index is -0.547. The van der Waals surface area contributed by atoms with E-state index in [1.165, 1.54) is 20.4 Å². The number of hydrogen-bond acceptors (Lipinski definition) is 6. The number of ether oxygens (including phenoxy) is 2. The first-order valence-electron chi connectivity index (χ1n) is 9.73. The Hall–Kier alpha value is -3.66. The van der Waals surface area contributed by atoms with Crippen LogP contribution in [0.2, 0.25) is 0 Å². The van der Waals surface area contributed by atoms with Crippen molar-refractivity contribution < 1.29 is 14.3 Å². The van der Waals surface area contributed by atoms with Crippen molar-refractivity contribution in [2.24, 2.45) is 0 Å². The van der Waals surface area contributed by atoms with E-state index in [1.807, 2.05) is 25.1 Å². The quantitative estimate of drug-likeness (QED) is 0.475. The van der Waals surface area contributed by atoms with E-state index in [9.17, 15) is 10.1 Å². The van der Waals surface area contributed by atoms with Crippen molar-refractivity contribution in [3.63, 3.8) is 0 Å². The molecule has 0 radical (unpaired) electrons. The Labute approximate surface area is 177 Å². The molecule has 0 heterocycles. The van der Waals surface area contributed by atoms with Crippen LogP contribution in [-0.4, -0.2) is 33.2 Å². The van der Waals surface area contributed by atoms with E-state index in [4.69, 9.17) is 9.47 Å². The molecule has 2 N–H and O–H groups in total. The molecule has 2 aromatic rings. The van der Waals surface area contributed by atoms with Crippen LogP contribution in [0.4, 0.5) is 17.1 Å². The number of methoxy groups -OCH3 is 2. The lowest BCUT2D eigenvalue weighted by Gasteiger charge is -2.22. The molecule has 0 aliphatic heterocycles. The Balaban J connectivity index is 2.18. The molecule has 0 aliphatic carbocycles. The third kappa shape index (κ3) is 5.45. The highest BCUT2D eigenvalue weighted by molar-refractivity contribution is 6.07. The Bertz CT molecular complexity index is 959. The molecule has 0 saturated carbocycles. The molecule has 0 saturated heterocycles. The van der Waals surface area contributed by atoms with Crippen LogP contribution in [0.25, 0.3) is 0 Å². The fourth-order valence-corrected chi connectivity index (χ4v) is 3.00. The molecule has 0 bridgehead atoms. The Morgan fingerprint density at radius 1 is 1.10 bits per heavy atom. The summed E-state index contributed by atoms with van der Waals surface area (Å²) in [5.41, 5.74) is 3.33. The molecule has 7 nitrogen and oxygen atoms in total. The highest BCUT2D eigenvalue weighted by atomic mass is 16.5. The van der Waals surface area contributed by atoms with Crippen LogP contribution in [0.3, 0.4) is 0 Å². The van der Waals surface area contributed by atoms with Gasteiger partial charge in [0, 0.05) is 36.7 Å². The van der Waals surface area contributed by atoms with Crippen LogP contribution in [0.1, 0.15) is 19.4 Å². The standard InChI is InChI=1S/C23H28N4O3/c1-6-27(7-2)18-8-10-20(16(3)12-18)25-15-17(14-24)23(28)26-21-13-19(29-4)9-11-22(21)30-5/h8-13,15,25H,6-7H2,1-5H3,(H,26,28)/b17-15-. The predicted molar refractivity (Wildman–Crippen MR) is 120 cm³/mol. The first kappa shape index (κ1) is 22.6. The average Bonchev–Trinajstić information content (AvgIpc) is 2.76. The monoisotopic (exact) mass is 408 g/mol. The van der Waals surface area contributed by atoms with Crippen molar-refractivity contribution in [2.75, 3.05) is 42.8 Å². The van der Waals surface area contributed by atoms with Gasteiger partial charge in [-0.1, -0.05) is 0 Å². The summed E-state index contributed by atoms with van der Waals surface area (Å²) in [7, 11) is 3.04. The second kappa shape index (κ2) is 10.8. The number of hydrogen-bond donors (Lipinski definition) is 2. The summed E-state index contributed by atoms with van der Waals surface area (Å²) in [4.78, 5) is 14.8. The largest absolute Gasteiger partial charge is 0.497 e. The first-order chi connectivity index (χ1) is 14.5. The van der Waals surface area contributed by atoms with Gasteiger partial charge in [0.2, 0.25) is 0 Å². The minimum absolute atomic E-state index is 0.0629.